The van der Waals surface area contributed by atoms with Crippen LogP contribution in [0.25, 0.3) is 17.1 Å². The molecule has 32 heavy (non-hydrogen) atoms. The maximum Gasteiger partial charge on any atom is 0.276 e. The van der Waals surface area contributed by atoms with Gasteiger partial charge in [0.1, 0.15) is 5.75 Å². The lowest BCUT2D eigenvalue weighted by molar-refractivity contribution is 0.102. The van der Waals surface area contributed by atoms with Crippen molar-refractivity contribution in [3.63, 3.8) is 0 Å². The van der Waals surface area contributed by atoms with Crippen LogP contribution < -0.4 is 5.32 Å². The van der Waals surface area contributed by atoms with Crippen molar-refractivity contribution in [1.82, 2.24) is 19.7 Å². The van der Waals surface area contributed by atoms with E-state index in [0.29, 0.717) is 35.6 Å². The Morgan fingerprint density at radius 2 is 1.84 bits per heavy atom. The molecule has 5 rings (SSSR count). The van der Waals surface area contributed by atoms with Crippen LogP contribution in [-0.2, 0) is 12.8 Å². The van der Waals surface area contributed by atoms with Crippen LogP contribution in [0.1, 0.15) is 28.2 Å². The lowest BCUT2D eigenvalue weighted by Gasteiger charge is -2.06. The first kappa shape index (κ1) is 19.8. The highest BCUT2D eigenvalue weighted by Gasteiger charge is 2.27. The van der Waals surface area contributed by atoms with Crippen LogP contribution in [0.3, 0.4) is 0 Å². The van der Waals surface area contributed by atoms with Gasteiger partial charge in [-0.05, 0) is 43.5 Å². The molecule has 0 unspecified atom stereocenters. The monoisotopic (exact) mass is 433 g/mol. The Morgan fingerprint density at radius 3 is 2.59 bits per heavy atom. The summed E-state index contributed by atoms with van der Waals surface area (Å²) in [5.41, 5.74) is 3.24. The van der Waals surface area contributed by atoms with E-state index in [2.05, 4.69) is 20.4 Å². The Balaban J connectivity index is 1.41. The predicted octanol–water partition coefficient (Wildman–Crippen LogP) is 4.05. The number of hydrogen-bond donors (Lipinski definition) is 2. The highest BCUT2D eigenvalue weighted by Crippen LogP contribution is 2.29. The number of fused-ring (bicyclic) bond motifs is 1. The number of phenols is 1. The van der Waals surface area contributed by atoms with Crippen molar-refractivity contribution in [3.05, 3.63) is 83.4 Å². The molecule has 0 aliphatic heterocycles. The Labute approximate surface area is 181 Å². The maximum atomic E-state index is 13.7. The number of hydrogen-bond acceptors (Lipinski definition) is 5. The molecule has 2 heterocycles. The van der Waals surface area contributed by atoms with Gasteiger partial charge in [-0.15, -0.1) is 0 Å². The molecular weight excluding hydrogens is 416 g/mol. The molecule has 0 saturated carbocycles. The molecule has 0 atom stereocenters. The first-order valence-electron chi connectivity index (χ1n) is 9.98. The second kappa shape index (κ2) is 7.84. The van der Waals surface area contributed by atoms with Crippen LogP contribution >= 0.6 is 0 Å². The second-order valence-electron chi connectivity index (χ2n) is 7.44. The summed E-state index contributed by atoms with van der Waals surface area (Å²) in [5.74, 6) is -1.83. The lowest BCUT2D eigenvalue weighted by atomic mass is 10.2. The van der Waals surface area contributed by atoms with Crippen molar-refractivity contribution in [2.24, 2.45) is 0 Å². The molecule has 1 aliphatic carbocycles. The summed E-state index contributed by atoms with van der Waals surface area (Å²) < 4.78 is 28.6. The van der Waals surface area contributed by atoms with Gasteiger partial charge >= 0.3 is 0 Å². The molecule has 1 aliphatic rings. The molecular formula is C23H17F2N5O2. The number of phenolic OH excluding ortho intramolecular Hbond substituents is 1. The molecule has 2 aromatic heterocycles. The predicted molar refractivity (Wildman–Crippen MR) is 113 cm³/mol. The Morgan fingerprint density at radius 1 is 1.03 bits per heavy atom. The van der Waals surface area contributed by atoms with Crippen molar-refractivity contribution in [2.75, 3.05) is 5.32 Å². The summed E-state index contributed by atoms with van der Waals surface area (Å²) in [6.45, 7) is 0. The highest BCUT2D eigenvalue weighted by molar-refractivity contribution is 6.04. The average molecular weight is 433 g/mol. The van der Waals surface area contributed by atoms with Gasteiger partial charge in [0.15, 0.2) is 23.2 Å². The quantitative estimate of drug-likeness (QED) is 0.507. The Hall–Kier alpha value is -4.14. The van der Waals surface area contributed by atoms with Gasteiger partial charge in [-0.1, -0.05) is 12.1 Å². The summed E-state index contributed by atoms with van der Waals surface area (Å²) in [6, 6.07) is 10.1. The number of anilines is 1. The van der Waals surface area contributed by atoms with Crippen molar-refractivity contribution in [3.8, 4) is 22.8 Å². The van der Waals surface area contributed by atoms with E-state index in [9.17, 15) is 18.7 Å². The van der Waals surface area contributed by atoms with Gasteiger partial charge in [-0.3, -0.25) is 4.79 Å². The van der Waals surface area contributed by atoms with E-state index in [4.69, 9.17) is 0 Å². The molecule has 0 radical (unpaired) electrons. The highest BCUT2D eigenvalue weighted by atomic mass is 19.2. The van der Waals surface area contributed by atoms with Gasteiger partial charge in [0.2, 0.25) is 0 Å². The summed E-state index contributed by atoms with van der Waals surface area (Å²) in [5, 5.41) is 16.7. The van der Waals surface area contributed by atoms with Gasteiger partial charge in [-0.25, -0.2) is 23.4 Å². The maximum absolute atomic E-state index is 13.7. The molecule has 0 fully saturated rings. The van der Waals surface area contributed by atoms with E-state index < -0.39 is 17.5 Å². The number of carbonyl (C=O) groups is 1. The minimum absolute atomic E-state index is 0.106. The molecule has 0 saturated heterocycles. The fourth-order valence-electron chi connectivity index (χ4n) is 3.83. The third-order valence-electron chi connectivity index (χ3n) is 5.31. The molecule has 7 nitrogen and oxygen atoms in total. The van der Waals surface area contributed by atoms with E-state index in [0.717, 1.165) is 29.8 Å². The normalized spacial score (nSPS) is 12.6. The van der Waals surface area contributed by atoms with Crippen LogP contribution in [0, 0.1) is 11.6 Å². The minimum atomic E-state index is -0.972. The van der Waals surface area contributed by atoms with Crippen LogP contribution in [0.5, 0.6) is 5.75 Å². The van der Waals surface area contributed by atoms with Crippen LogP contribution in [-0.4, -0.2) is 30.8 Å². The molecule has 0 spiro atoms. The SMILES string of the molecule is O=C(Nc1cnc(-c2cccc(O)c2)nc1)c1nn(-c2ccc(F)c(F)c2)c2c1CCC2. The zero-order chi connectivity index (χ0) is 22.2. The van der Waals surface area contributed by atoms with E-state index >= 15 is 0 Å². The molecule has 0 bridgehead atoms. The van der Waals surface area contributed by atoms with Crippen molar-refractivity contribution in [2.45, 2.75) is 19.3 Å². The van der Waals surface area contributed by atoms with Gasteiger partial charge in [0.25, 0.3) is 5.91 Å². The number of rotatable bonds is 4. The van der Waals surface area contributed by atoms with Gasteiger partial charge < -0.3 is 10.4 Å². The topological polar surface area (TPSA) is 92.9 Å². The molecule has 2 N–H and O–H groups in total. The summed E-state index contributed by atoms with van der Waals surface area (Å²) in [4.78, 5) is 21.4. The number of aromatic nitrogens is 4. The summed E-state index contributed by atoms with van der Waals surface area (Å²) in [6.07, 6.45) is 5.15. The fourth-order valence-corrected chi connectivity index (χ4v) is 3.83. The number of carbonyl (C=O) groups excluding carboxylic acids is 1. The zero-order valence-electron chi connectivity index (χ0n) is 16.7. The largest absolute Gasteiger partial charge is 0.508 e. The number of benzene rings is 2. The van der Waals surface area contributed by atoms with Crippen molar-refractivity contribution in [1.29, 1.82) is 0 Å². The van der Waals surface area contributed by atoms with E-state index in [1.54, 1.807) is 24.3 Å². The lowest BCUT2D eigenvalue weighted by Crippen LogP contribution is -2.15. The van der Waals surface area contributed by atoms with Crippen LogP contribution in [0.4, 0.5) is 14.5 Å². The van der Waals surface area contributed by atoms with E-state index in [1.165, 1.54) is 23.1 Å². The van der Waals surface area contributed by atoms with Crippen LogP contribution in [0.15, 0.2) is 54.9 Å². The summed E-state index contributed by atoms with van der Waals surface area (Å²) in [7, 11) is 0. The van der Waals surface area contributed by atoms with Crippen molar-refractivity contribution >= 4 is 11.6 Å². The molecule has 4 aromatic rings. The minimum Gasteiger partial charge on any atom is -0.508 e. The van der Waals surface area contributed by atoms with Gasteiger partial charge in [-0.2, -0.15) is 5.10 Å². The first-order chi connectivity index (χ1) is 15.5. The number of nitrogens with zero attached hydrogens (tertiary/aromatic N) is 4. The van der Waals surface area contributed by atoms with E-state index in [-0.39, 0.29) is 11.4 Å². The number of aromatic hydroxyl groups is 1. The number of nitrogens with one attached hydrogen (secondary N) is 1. The average Bonchev–Trinajstić information content (AvgIpc) is 3.39. The van der Waals surface area contributed by atoms with Crippen molar-refractivity contribution < 1.29 is 18.7 Å². The molecule has 160 valence electrons. The third-order valence-corrected chi connectivity index (χ3v) is 5.31. The molecule has 2 aromatic carbocycles. The Kier molecular flexibility index (Phi) is 4.85. The first-order valence-corrected chi connectivity index (χ1v) is 9.98. The zero-order valence-corrected chi connectivity index (χ0v) is 16.7. The number of amides is 1. The van der Waals surface area contributed by atoms with Gasteiger partial charge in [0, 0.05) is 22.9 Å². The third kappa shape index (κ3) is 3.58. The molecule has 9 heteroatoms. The second-order valence-corrected chi connectivity index (χ2v) is 7.44. The Bertz CT molecular complexity index is 1330. The fraction of sp³-hybridized carbons (Fsp3) is 0.130. The standard InChI is InChI=1S/C23H17F2N5O2/c24-18-8-7-15(10-19(18)25)30-20-6-2-5-17(20)21(29-30)23(32)28-14-11-26-22(27-12-14)13-3-1-4-16(31)9-13/h1,3-4,7-12,31H,2,5-6H2,(H,28,32). The number of halogens is 2. The van der Waals surface area contributed by atoms with E-state index in [1.807, 2.05) is 0 Å². The van der Waals surface area contributed by atoms with Gasteiger partial charge in [0.05, 0.1) is 23.8 Å². The van der Waals surface area contributed by atoms with Crippen LogP contribution in [0.2, 0.25) is 0 Å². The molecule has 1 amide bonds. The summed E-state index contributed by atoms with van der Waals surface area (Å²) >= 11 is 0. The smallest absolute Gasteiger partial charge is 0.276 e.